The highest BCUT2D eigenvalue weighted by atomic mass is 16.5. The van der Waals surface area contributed by atoms with Gasteiger partial charge in [-0.3, -0.25) is 5.84 Å². The van der Waals surface area contributed by atoms with Gasteiger partial charge in [-0.05, 0) is 19.3 Å². The van der Waals surface area contributed by atoms with Crippen LogP contribution in [0.15, 0.2) is 0 Å². The number of nitrogens with zero attached hydrogens (tertiary/aromatic N) is 1. The molecule has 0 bridgehead atoms. The van der Waals surface area contributed by atoms with Gasteiger partial charge in [0.1, 0.15) is 0 Å². The Labute approximate surface area is 72.8 Å². The lowest BCUT2D eigenvalue weighted by molar-refractivity contribution is -0.0508. The lowest BCUT2D eigenvalue weighted by atomic mass is 9.96. The minimum absolute atomic E-state index is 0.107. The second-order valence-corrected chi connectivity index (χ2v) is 3.85. The van der Waals surface area contributed by atoms with Gasteiger partial charge in [0, 0.05) is 19.1 Å². The lowest BCUT2D eigenvalue weighted by Crippen LogP contribution is -2.39. The number of hydrogen-bond donors (Lipinski definition) is 2. The van der Waals surface area contributed by atoms with Crippen LogP contribution in [0.25, 0.3) is 0 Å². The van der Waals surface area contributed by atoms with E-state index in [0.717, 1.165) is 13.1 Å². The molecule has 0 aromatic carbocycles. The quantitative estimate of drug-likeness (QED) is 0.547. The van der Waals surface area contributed by atoms with Crippen LogP contribution in [-0.4, -0.2) is 36.3 Å². The van der Waals surface area contributed by atoms with Crippen molar-refractivity contribution in [2.75, 3.05) is 13.1 Å². The summed E-state index contributed by atoms with van der Waals surface area (Å²) in [5, 5.41) is 1.74. The molecule has 4 heteroatoms. The molecule has 0 aromatic rings. The predicted molar refractivity (Wildman–Crippen MR) is 46.2 cm³/mol. The number of hydrogen-bond acceptors (Lipinski definition) is 4. The van der Waals surface area contributed by atoms with Crippen molar-refractivity contribution in [2.24, 2.45) is 11.6 Å². The largest absolute Gasteiger partial charge is 0.372 e. The molecular formula is C8H17N3O. The summed E-state index contributed by atoms with van der Waals surface area (Å²) in [7, 11) is 0. The lowest BCUT2D eigenvalue weighted by Gasteiger charge is -2.30. The minimum atomic E-state index is 0.107. The first-order chi connectivity index (χ1) is 5.75. The molecule has 0 amide bonds. The van der Waals surface area contributed by atoms with Crippen LogP contribution in [0.4, 0.5) is 0 Å². The molecule has 0 spiro atoms. The Balaban J connectivity index is 1.79. The Morgan fingerprint density at radius 2 is 2.00 bits per heavy atom. The van der Waals surface area contributed by atoms with E-state index in [1.807, 2.05) is 0 Å². The van der Waals surface area contributed by atoms with Gasteiger partial charge in [-0.2, -0.15) is 0 Å². The van der Waals surface area contributed by atoms with Crippen LogP contribution < -0.4 is 11.6 Å². The van der Waals surface area contributed by atoms with Gasteiger partial charge in [0.2, 0.25) is 0 Å². The molecule has 0 radical (unpaired) electrons. The zero-order chi connectivity index (χ0) is 8.55. The summed E-state index contributed by atoms with van der Waals surface area (Å²) in [5.74, 6) is 5.62. The number of rotatable bonds is 2. The van der Waals surface area contributed by atoms with Gasteiger partial charge in [0.25, 0.3) is 0 Å². The van der Waals surface area contributed by atoms with E-state index < -0.39 is 0 Å². The monoisotopic (exact) mass is 171 g/mol. The van der Waals surface area contributed by atoms with Crippen molar-refractivity contribution in [1.82, 2.24) is 5.01 Å². The molecule has 2 aliphatic rings. The smallest absolute Gasteiger partial charge is 0.0883 e. The average Bonchev–Trinajstić information content (AvgIpc) is 2.21. The third-order valence-electron chi connectivity index (χ3n) is 2.76. The first-order valence-electron chi connectivity index (χ1n) is 4.66. The SMILES string of the molecule is NC1CN(N)CC1OC1CCC1. The topological polar surface area (TPSA) is 64.5 Å². The Kier molecular flexibility index (Phi) is 2.32. The minimum Gasteiger partial charge on any atom is -0.372 e. The molecule has 4 N–H and O–H groups in total. The Hall–Kier alpha value is -0.160. The van der Waals surface area contributed by atoms with E-state index in [4.69, 9.17) is 16.3 Å². The number of hydrazine groups is 1. The van der Waals surface area contributed by atoms with Crippen molar-refractivity contribution in [2.45, 2.75) is 37.5 Å². The van der Waals surface area contributed by atoms with Gasteiger partial charge in [-0.25, -0.2) is 5.01 Å². The van der Waals surface area contributed by atoms with Gasteiger partial charge in [0.05, 0.1) is 12.2 Å². The molecule has 12 heavy (non-hydrogen) atoms. The first-order valence-corrected chi connectivity index (χ1v) is 4.66. The third-order valence-corrected chi connectivity index (χ3v) is 2.76. The molecule has 2 unspecified atom stereocenters. The van der Waals surface area contributed by atoms with Gasteiger partial charge < -0.3 is 10.5 Å². The van der Waals surface area contributed by atoms with Gasteiger partial charge in [-0.1, -0.05) is 0 Å². The van der Waals surface area contributed by atoms with E-state index in [1.54, 1.807) is 5.01 Å². The molecule has 2 atom stereocenters. The standard InChI is InChI=1S/C8H17N3O/c9-7-4-11(10)5-8(7)12-6-2-1-3-6/h6-8H,1-5,9-10H2. The fourth-order valence-electron chi connectivity index (χ4n) is 1.73. The van der Waals surface area contributed by atoms with Crippen LogP contribution in [0.1, 0.15) is 19.3 Å². The third kappa shape index (κ3) is 1.61. The van der Waals surface area contributed by atoms with Crippen LogP contribution in [0.3, 0.4) is 0 Å². The zero-order valence-corrected chi connectivity index (χ0v) is 7.28. The molecule has 2 rings (SSSR count). The van der Waals surface area contributed by atoms with Crippen molar-refractivity contribution in [3.8, 4) is 0 Å². The average molecular weight is 171 g/mol. The van der Waals surface area contributed by atoms with E-state index in [0.29, 0.717) is 6.10 Å². The molecule has 1 aliphatic heterocycles. The van der Waals surface area contributed by atoms with E-state index in [2.05, 4.69) is 0 Å². The highest BCUT2D eigenvalue weighted by Crippen LogP contribution is 2.25. The molecule has 70 valence electrons. The Morgan fingerprint density at radius 3 is 2.42 bits per heavy atom. The summed E-state index contributed by atoms with van der Waals surface area (Å²) in [5.41, 5.74) is 5.85. The Morgan fingerprint density at radius 1 is 1.25 bits per heavy atom. The maximum Gasteiger partial charge on any atom is 0.0883 e. The maximum atomic E-state index is 5.85. The van der Waals surface area contributed by atoms with Crippen LogP contribution >= 0.6 is 0 Å². The van der Waals surface area contributed by atoms with E-state index in [9.17, 15) is 0 Å². The van der Waals surface area contributed by atoms with E-state index in [1.165, 1.54) is 19.3 Å². The highest BCUT2D eigenvalue weighted by molar-refractivity contribution is 4.87. The van der Waals surface area contributed by atoms with Gasteiger partial charge >= 0.3 is 0 Å². The second-order valence-electron chi connectivity index (χ2n) is 3.85. The first kappa shape index (κ1) is 8.44. The molecular weight excluding hydrogens is 154 g/mol. The highest BCUT2D eigenvalue weighted by Gasteiger charge is 2.32. The molecule has 1 saturated heterocycles. The molecule has 4 nitrogen and oxygen atoms in total. The second kappa shape index (κ2) is 3.30. The van der Waals surface area contributed by atoms with Crippen molar-refractivity contribution in [3.05, 3.63) is 0 Å². The van der Waals surface area contributed by atoms with Crippen molar-refractivity contribution in [1.29, 1.82) is 0 Å². The van der Waals surface area contributed by atoms with Gasteiger partial charge in [-0.15, -0.1) is 0 Å². The Bertz CT molecular complexity index is 160. The number of nitrogens with two attached hydrogens (primary N) is 2. The molecule has 2 fully saturated rings. The van der Waals surface area contributed by atoms with Crippen LogP contribution in [-0.2, 0) is 4.74 Å². The van der Waals surface area contributed by atoms with E-state index >= 15 is 0 Å². The van der Waals surface area contributed by atoms with Crippen LogP contribution in [0.2, 0.25) is 0 Å². The van der Waals surface area contributed by atoms with Crippen LogP contribution in [0.5, 0.6) is 0 Å². The molecule has 0 aromatic heterocycles. The normalized spacial score (nSPS) is 38.5. The predicted octanol–water partition coefficient (Wildman–Crippen LogP) is -0.559. The van der Waals surface area contributed by atoms with Crippen LogP contribution in [0, 0.1) is 0 Å². The fourth-order valence-corrected chi connectivity index (χ4v) is 1.73. The molecule has 1 aliphatic carbocycles. The van der Waals surface area contributed by atoms with Crippen molar-refractivity contribution in [3.63, 3.8) is 0 Å². The number of ether oxygens (including phenoxy) is 1. The summed E-state index contributed by atoms with van der Waals surface area (Å²) >= 11 is 0. The summed E-state index contributed by atoms with van der Waals surface area (Å²) in [6, 6.07) is 0.107. The summed E-state index contributed by atoms with van der Waals surface area (Å²) in [4.78, 5) is 0. The van der Waals surface area contributed by atoms with E-state index in [-0.39, 0.29) is 12.1 Å². The summed E-state index contributed by atoms with van der Waals surface area (Å²) in [6.45, 7) is 1.55. The maximum absolute atomic E-state index is 5.85. The summed E-state index contributed by atoms with van der Waals surface area (Å²) in [6.07, 6.45) is 4.34. The molecule has 1 heterocycles. The van der Waals surface area contributed by atoms with Crippen molar-refractivity contribution < 1.29 is 4.74 Å². The fraction of sp³-hybridized carbons (Fsp3) is 1.00. The molecule has 1 saturated carbocycles. The summed E-state index contributed by atoms with van der Waals surface area (Å²) < 4.78 is 5.78. The zero-order valence-electron chi connectivity index (χ0n) is 7.28. The van der Waals surface area contributed by atoms with Gasteiger partial charge in [0.15, 0.2) is 0 Å². The van der Waals surface area contributed by atoms with Crippen molar-refractivity contribution >= 4 is 0 Å².